The predicted molar refractivity (Wildman–Crippen MR) is 81.5 cm³/mol. The van der Waals surface area contributed by atoms with Gasteiger partial charge in [0.15, 0.2) is 0 Å². The summed E-state index contributed by atoms with van der Waals surface area (Å²) in [4.78, 5) is 1.39. The number of hydrogen-bond acceptors (Lipinski definition) is 3. The van der Waals surface area contributed by atoms with Crippen LogP contribution in [-0.2, 0) is 11.2 Å². The molecule has 0 bridgehead atoms. The van der Waals surface area contributed by atoms with Gasteiger partial charge in [-0.1, -0.05) is 36.4 Å². The Hall–Kier alpha value is -0.770. The van der Waals surface area contributed by atoms with E-state index >= 15 is 0 Å². The van der Waals surface area contributed by atoms with Crippen LogP contribution in [0.15, 0.2) is 47.8 Å². The number of hydrogen-bond donors (Lipinski definition) is 0. The van der Waals surface area contributed by atoms with E-state index in [4.69, 9.17) is 4.74 Å². The van der Waals surface area contributed by atoms with Gasteiger partial charge in [0, 0.05) is 17.1 Å². The highest BCUT2D eigenvalue weighted by Gasteiger charge is 2.10. The maximum absolute atomic E-state index is 6.03. The minimum atomic E-state index is 0.209. The van der Waals surface area contributed by atoms with Crippen LogP contribution in [0.5, 0.6) is 0 Å². The van der Waals surface area contributed by atoms with E-state index in [9.17, 15) is 0 Å². The van der Waals surface area contributed by atoms with E-state index in [-0.39, 0.29) is 6.10 Å². The molecule has 18 heavy (non-hydrogen) atoms. The summed E-state index contributed by atoms with van der Waals surface area (Å²) in [5.41, 5.74) is 1.28. The molecule has 1 aromatic carbocycles. The monoisotopic (exact) mass is 278 g/mol. The molecule has 2 rings (SSSR count). The summed E-state index contributed by atoms with van der Waals surface area (Å²) in [7, 11) is 0. The molecule has 96 valence electrons. The standard InChI is InChI=1S/C15H18OS2/c1-17-12-15(13-6-3-2-4-7-13)16-10-9-14-8-5-11-18-14/h2-8,11,15H,9-10,12H2,1H3. The molecule has 0 aliphatic heterocycles. The van der Waals surface area contributed by atoms with Gasteiger partial charge in [-0.15, -0.1) is 11.3 Å². The van der Waals surface area contributed by atoms with Crippen molar-refractivity contribution >= 4 is 23.1 Å². The van der Waals surface area contributed by atoms with Crippen molar-refractivity contribution in [2.45, 2.75) is 12.5 Å². The zero-order valence-electron chi connectivity index (χ0n) is 10.5. The average Bonchev–Trinajstić information content (AvgIpc) is 2.92. The molecular formula is C15H18OS2. The highest BCUT2D eigenvalue weighted by Crippen LogP contribution is 2.21. The second kappa shape index (κ2) is 7.62. The molecule has 0 aliphatic carbocycles. The third-order valence-corrected chi connectivity index (χ3v) is 4.31. The number of ether oxygens (including phenoxy) is 1. The van der Waals surface area contributed by atoms with Gasteiger partial charge in [-0.25, -0.2) is 0 Å². The summed E-state index contributed by atoms with van der Waals surface area (Å²) < 4.78 is 6.03. The van der Waals surface area contributed by atoms with E-state index in [2.05, 4.69) is 48.0 Å². The van der Waals surface area contributed by atoms with Gasteiger partial charge in [0.2, 0.25) is 0 Å². The molecule has 1 aromatic heterocycles. The van der Waals surface area contributed by atoms with Gasteiger partial charge in [0.05, 0.1) is 12.7 Å². The van der Waals surface area contributed by atoms with Crippen molar-refractivity contribution < 1.29 is 4.74 Å². The van der Waals surface area contributed by atoms with Gasteiger partial charge in [0.1, 0.15) is 0 Å². The van der Waals surface area contributed by atoms with Crippen molar-refractivity contribution in [3.63, 3.8) is 0 Å². The van der Waals surface area contributed by atoms with Gasteiger partial charge < -0.3 is 4.74 Å². The molecule has 0 radical (unpaired) electrons. The van der Waals surface area contributed by atoms with Crippen LogP contribution in [0.1, 0.15) is 16.5 Å². The van der Waals surface area contributed by atoms with Gasteiger partial charge in [-0.05, 0) is 23.3 Å². The Morgan fingerprint density at radius 2 is 2.00 bits per heavy atom. The molecule has 0 amide bonds. The van der Waals surface area contributed by atoms with E-state index < -0.39 is 0 Å². The second-order valence-electron chi connectivity index (χ2n) is 4.05. The first-order valence-corrected chi connectivity index (χ1v) is 8.35. The van der Waals surface area contributed by atoms with E-state index in [1.165, 1.54) is 10.4 Å². The molecule has 0 saturated carbocycles. The molecular weight excluding hydrogens is 260 g/mol. The highest BCUT2D eigenvalue weighted by molar-refractivity contribution is 7.98. The van der Waals surface area contributed by atoms with Crippen molar-refractivity contribution in [1.82, 2.24) is 0 Å². The summed E-state index contributed by atoms with van der Waals surface area (Å²) in [6.45, 7) is 0.792. The molecule has 1 unspecified atom stereocenters. The summed E-state index contributed by atoms with van der Waals surface area (Å²) in [5, 5.41) is 2.12. The molecule has 2 aromatic rings. The summed E-state index contributed by atoms with van der Waals surface area (Å²) >= 11 is 3.63. The molecule has 1 atom stereocenters. The number of thiophene rings is 1. The fraction of sp³-hybridized carbons (Fsp3) is 0.333. The zero-order valence-corrected chi connectivity index (χ0v) is 12.2. The second-order valence-corrected chi connectivity index (χ2v) is 6.00. The van der Waals surface area contributed by atoms with Crippen LogP contribution in [0, 0.1) is 0 Å². The Morgan fingerprint density at radius 3 is 2.67 bits per heavy atom. The number of rotatable bonds is 7. The molecule has 0 fully saturated rings. The van der Waals surface area contributed by atoms with Crippen LogP contribution < -0.4 is 0 Å². The average molecular weight is 278 g/mol. The van der Waals surface area contributed by atoms with Gasteiger partial charge in [0.25, 0.3) is 0 Å². The molecule has 3 heteroatoms. The van der Waals surface area contributed by atoms with Crippen molar-refractivity contribution in [2.75, 3.05) is 18.6 Å². The Bertz CT molecular complexity index is 425. The lowest BCUT2D eigenvalue weighted by molar-refractivity contribution is 0.0718. The van der Waals surface area contributed by atoms with E-state index in [0.717, 1.165) is 18.8 Å². The number of benzene rings is 1. The van der Waals surface area contributed by atoms with Crippen LogP contribution >= 0.6 is 23.1 Å². The Kier molecular flexibility index (Phi) is 5.78. The maximum atomic E-state index is 6.03. The van der Waals surface area contributed by atoms with Crippen molar-refractivity contribution in [1.29, 1.82) is 0 Å². The fourth-order valence-electron chi connectivity index (χ4n) is 1.82. The highest BCUT2D eigenvalue weighted by atomic mass is 32.2. The first-order chi connectivity index (χ1) is 8.90. The zero-order chi connectivity index (χ0) is 12.6. The normalized spacial score (nSPS) is 12.5. The van der Waals surface area contributed by atoms with Crippen LogP contribution in [0.2, 0.25) is 0 Å². The van der Waals surface area contributed by atoms with Crippen LogP contribution in [0.4, 0.5) is 0 Å². The van der Waals surface area contributed by atoms with E-state index in [1.54, 1.807) is 11.3 Å². The summed E-state index contributed by atoms with van der Waals surface area (Å²) in [6.07, 6.45) is 3.34. The van der Waals surface area contributed by atoms with Crippen LogP contribution in [0.25, 0.3) is 0 Å². The van der Waals surface area contributed by atoms with Crippen LogP contribution in [0.3, 0.4) is 0 Å². The topological polar surface area (TPSA) is 9.23 Å². The van der Waals surface area contributed by atoms with Crippen molar-refractivity contribution in [3.05, 3.63) is 58.3 Å². The third kappa shape index (κ3) is 4.16. The van der Waals surface area contributed by atoms with E-state index in [0.29, 0.717) is 0 Å². The third-order valence-electron chi connectivity index (χ3n) is 2.74. The summed E-state index contributed by atoms with van der Waals surface area (Å²) in [6, 6.07) is 14.7. The first kappa shape index (κ1) is 13.7. The van der Waals surface area contributed by atoms with Crippen molar-refractivity contribution in [2.24, 2.45) is 0 Å². The van der Waals surface area contributed by atoms with E-state index in [1.807, 2.05) is 17.8 Å². The molecule has 0 saturated heterocycles. The van der Waals surface area contributed by atoms with Crippen molar-refractivity contribution in [3.8, 4) is 0 Å². The van der Waals surface area contributed by atoms with Gasteiger partial charge >= 0.3 is 0 Å². The molecule has 0 aliphatic rings. The largest absolute Gasteiger partial charge is 0.372 e. The Labute approximate surface area is 117 Å². The quantitative estimate of drug-likeness (QED) is 0.742. The fourth-order valence-corrected chi connectivity index (χ4v) is 3.10. The van der Waals surface area contributed by atoms with Gasteiger partial charge in [-0.2, -0.15) is 11.8 Å². The first-order valence-electron chi connectivity index (χ1n) is 6.08. The minimum Gasteiger partial charge on any atom is -0.372 e. The minimum absolute atomic E-state index is 0.209. The number of thioether (sulfide) groups is 1. The lowest BCUT2D eigenvalue weighted by Crippen LogP contribution is -2.09. The Morgan fingerprint density at radius 1 is 1.17 bits per heavy atom. The smallest absolute Gasteiger partial charge is 0.0915 e. The van der Waals surface area contributed by atoms with Gasteiger partial charge in [-0.3, -0.25) is 0 Å². The lowest BCUT2D eigenvalue weighted by Gasteiger charge is -2.17. The van der Waals surface area contributed by atoms with Crippen LogP contribution in [-0.4, -0.2) is 18.6 Å². The molecule has 0 spiro atoms. The molecule has 1 nitrogen and oxygen atoms in total. The Balaban J connectivity index is 1.87. The molecule has 0 N–H and O–H groups in total. The predicted octanol–water partition coefficient (Wildman–Crippen LogP) is 4.41. The maximum Gasteiger partial charge on any atom is 0.0915 e. The SMILES string of the molecule is CSCC(OCCc1cccs1)c1ccccc1. The summed E-state index contributed by atoms with van der Waals surface area (Å²) in [5.74, 6) is 1.01. The molecule has 1 heterocycles. The lowest BCUT2D eigenvalue weighted by atomic mass is 10.1.